The number of methoxy groups -OCH3 is 1. The van der Waals surface area contributed by atoms with E-state index in [1.54, 1.807) is 0 Å². The van der Waals surface area contributed by atoms with Gasteiger partial charge < -0.3 is 4.74 Å². The molecule has 3 nitrogen and oxygen atoms in total. The van der Waals surface area contributed by atoms with Gasteiger partial charge in [0, 0.05) is 0 Å². The lowest BCUT2D eigenvalue weighted by molar-refractivity contribution is -0.138. The number of hydrogen-bond donors (Lipinski definition) is 0. The minimum Gasteiger partial charge on any atom is -0.495 e. The van der Waals surface area contributed by atoms with Crippen LogP contribution in [0.3, 0.4) is 0 Å². The average molecular weight is 264 g/mol. The molecular weight excluding hydrogens is 259 g/mol. The number of nitrogens with zero attached hydrogens (tertiary/aromatic N) is 1. The molecule has 1 aromatic carbocycles. The van der Waals surface area contributed by atoms with Crippen LogP contribution in [0.25, 0.3) is 0 Å². The molecule has 0 unspecified atom stereocenters. The van der Waals surface area contributed by atoms with Crippen LogP contribution in [0.5, 0.6) is 5.75 Å². The lowest BCUT2D eigenvalue weighted by Crippen LogP contribution is -2.10. The first kappa shape index (κ1) is 13.3. The second-order valence-electron chi connectivity index (χ2n) is 2.95. The molecule has 90 valence electrons. The molecule has 1 aromatic rings. The van der Waals surface area contributed by atoms with Crippen LogP contribution in [0.15, 0.2) is 12.1 Å². The van der Waals surface area contributed by atoms with E-state index in [1.807, 2.05) is 0 Å². The monoisotopic (exact) mass is 263 g/mol. The van der Waals surface area contributed by atoms with Gasteiger partial charge in [0.2, 0.25) is 0 Å². The molecule has 0 N–H and O–H groups in total. The van der Waals surface area contributed by atoms with Gasteiger partial charge in [-0.2, -0.15) is 18.4 Å². The molecule has 0 aliphatic carbocycles. The Morgan fingerprint density at radius 3 is 2.41 bits per heavy atom. The Labute approximate surface area is 99.4 Å². The van der Waals surface area contributed by atoms with E-state index in [0.717, 1.165) is 13.2 Å². The molecule has 0 atom stereocenters. The largest absolute Gasteiger partial charge is 0.495 e. The molecule has 0 amide bonds. The zero-order valence-electron chi connectivity index (χ0n) is 8.43. The highest BCUT2D eigenvalue weighted by atomic mass is 35.5. The van der Waals surface area contributed by atoms with Gasteiger partial charge in [-0.05, 0) is 23.7 Å². The molecule has 0 heterocycles. The Kier molecular flexibility index (Phi) is 3.63. The van der Waals surface area contributed by atoms with Gasteiger partial charge in [0.1, 0.15) is 17.4 Å². The predicted molar refractivity (Wildman–Crippen MR) is 52.9 cm³/mol. The molecular formula is C10H5ClF3NO2. The van der Waals surface area contributed by atoms with Crippen LogP contribution in [-0.2, 0) is 6.18 Å². The van der Waals surface area contributed by atoms with Crippen LogP contribution in [0.1, 0.15) is 21.5 Å². The zero-order chi connectivity index (χ0) is 13.2. The summed E-state index contributed by atoms with van der Waals surface area (Å²) < 4.78 is 42.3. The van der Waals surface area contributed by atoms with Crippen molar-refractivity contribution in [3.8, 4) is 11.8 Å². The molecule has 0 aliphatic rings. The maximum absolute atomic E-state index is 12.6. The summed E-state index contributed by atoms with van der Waals surface area (Å²) in [6, 6.07) is 2.97. The van der Waals surface area contributed by atoms with Gasteiger partial charge in [-0.3, -0.25) is 4.79 Å². The van der Waals surface area contributed by atoms with Crippen LogP contribution >= 0.6 is 11.6 Å². The highest BCUT2D eigenvalue weighted by molar-refractivity contribution is 6.68. The van der Waals surface area contributed by atoms with Crippen LogP contribution in [0.4, 0.5) is 13.2 Å². The molecule has 0 radical (unpaired) electrons. The Morgan fingerprint density at radius 2 is 2.06 bits per heavy atom. The third-order valence-corrected chi connectivity index (χ3v) is 2.19. The molecule has 17 heavy (non-hydrogen) atoms. The van der Waals surface area contributed by atoms with E-state index in [1.165, 1.54) is 6.07 Å². The molecule has 0 saturated carbocycles. The van der Waals surface area contributed by atoms with Crippen LogP contribution < -0.4 is 4.74 Å². The van der Waals surface area contributed by atoms with Gasteiger partial charge in [-0.25, -0.2) is 0 Å². The van der Waals surface area contributed by atoms with E-state index < -0.39 is 28.3 Å². The summed E-state index contributed by atoms with van der Waals surface area (Å²) in [5, 5.41) is 7.74. The normalized spacial score (nSPS) is 10.8. The van der Waals surface area contributed by atoms with Gasteiger partial charge in [0.25, 0.3) is 5.24 Å². The quantitative estimate of drug-likeness (QED) is 0.771. The molecule has 0 aromatic heterocycles. The molecule has 0 saturated heterocycles. The Balaban J connectivity index is 3.62. The fraction of sp³-hybridized carbons (Fsp3) is 0.200. The molecule has 0 aliphatic heterocycles. The molecule has 1 rings (SSSR count). The summed E-state index contributed by atoms with van der Waals surface area (Å²) in [5.74, 6) is -0.702. The molecule has 7 heteroatoms. The number of ether oxygens (including phenoxy) is 1. The van der Waals surface area contributed by atoms with Crippen molar-refractivity contribution in [1.82, 2.24) is 0 Å². The number of carbonyl (C=O) groups excluding carboxylic acids is 1. The fourth-order valence-electron chi connectivity index (χ4n) is 1.29. The minimum atomic E-state index is -4.68. The molecule has 0 spiro atoms. The first-order chi connectivity index (χ1) is 7.82. The van der Waals surface area contributed by atoms with E-state index in [0.29, 0.717) is 6.07 Å². The smallest absolute Gasteiger partial charge is 0.420 e. The lowest BCUT2D eigenvalue weighted by atomic mass is 10.0. The Bertz CT molecular complexity index is 505. The second-order valence-corrected chi connectivity index (χ2v) is 3.30. The number of nitriles is 1. The van der Waals surface area contributed by atoms with Crippen molar-refractivity contribution in [1.29, 1.82) is 5.26 Å². The van der Waals surface area contributed by atoms with Crippen LogP contribution in [0, 0.1) is 11.3 Å². The maximum Gasteiger partial charge on any atom is 0.420 e. The summed E-state index contributed by atoms with van der Waals surface area (Å²) in [5.41, 5.74) is -1.97. The van der Waals surface area contributed by atoms with Crippen molar-refractivity contribution >= 4 is 16.8 Å². The minimum absolute atomic E-state index is 0.320. The third kappa shape index (κ3) is 2.50. The van der Waals surface area contributed by atoms with Crippen molar-refractivity contribution in [2.24, 2.45) is 0 Å². The van der Waals surface area contributed by atoms with E-state index in [-0.39, 0.29) is 5.56 Å². The van der Waals surface area contributed by atoms with Crippen molar-refractivity contribution in [2.45, 2.75) is 6.18 Å². The first-order valence-electron chi connectivity index (χ1n) is 4.21. The van der Waals surface area contributed by atoms with Crippen LogP contribution in [-0.4, -0.2) is 12.4 Å². The van der Waals surface area contributed by atoms with Gasteiger partial charge in [0.05, 0.1) is 18.2 Å². The number of carbonyl (C=O) groups is 1. The summed E-state index contributed by atoms with van der Waals surface area (Å²) in [4.78, 5) is 10.9. The van der Waals surface area contributed by atoms with Crippen molar-refractivity contribution in [2.75, 3.05) is 7.11 Å². The van der Waals surface area contributed by atoms with Crippen molar-refractivity contribution < 1.29 is 22.7 Å². The highest BCUT2D eigenvalue weighted by Crippen LogP contribution is 2.39. The summed E-state index contributed by atoms with van der Waals surface area (Å²) in [6.07, 6.45) is -4.68. The molecule has 0 bridgehead atoms. The topological polar surface area (TPSA) is 50.1 Å². The SMILES string of the molecule is COc1c(C(F)(F)F)ccc(C(=O)Cl)c1C#N. The summed E-state index contributed by atoms with van der Waals surface area (Å²) >= 11 is 5.16. The van der Waals surface area contributed by atoms with E-state index in [2.05, 4.69) is 4.74 Å². The third-order valence-electron chi connectivity index (χ3n) is 1.99. The number of benzene rings is 1. The average Bonchev–Trinajstić information content (AvgIpc) is 2.25. The summed E-state index contributed by atoms with van der Waals surface area (Å²) in [6.45, 7) is 0. The Morgan fingerprint density at radius 1 is 1.47 bits per heavy atom. The lowest BCUT2D eigenvalue weighted by Gasteiger charge is -2.14. The fourth-order valence-corrected chi connectivity index (χ4v) is 1.45. The van der Waals surface area contributed by atoms with Crippen molar-refractivity contribution in [3.05, 3.63) is 28.8 Å². The number of alkyl halides is 3. The maximum atomic E-state index is 12.6. The number of halogens is 4. The Hall–Kier alpha value is -1.74. The summed E-state index contributed by atoms with van der Waals surface area (Å²) in [7, 11) is 0.980. The highest BCUT2D eigenvalue weighted by Gasteiger charge is 2.36. The van der Waals surface area contributed by atoms with Crippen molar-refractivity contribution in [3.63, 3.8) is 0 Å². The van der Waals surface area contributed by atoms with Crippen LogP contribution in [0.2, 0.25) is 0 Å². The van der Waals surface area contributed by atoms with Gasteiger partial charge >= 0.3 is 6.18 Å². The van der Waals surface area contributed by atoms with E-state index in [9.17, 15) is 18.0 Å². The standard InChI is InChI=1S/C10H5ClF3NO2/c1-17-8-6(4-15)5(9(11)16)2-3-7(8)10(12,13)14/h2-3H,1H3. The second kappa shape index (κ2) is 4.63. The predicted octanol–water partition coefficient (Wildman–Crippen LogP) is 2.96. The number of hydrogen-bond acceptors (Lipinski definition) is 3. The van der Waals surface area contributed by atoms with Gasteiger partial charge in [-0.1, -0.05) is 0 Å². The molecule has 0 fully saturated rings. The van der Waals surface area contributed by atoms with E-state index in [4.69, 9.17) is 16.9 Å². The van der Waals surface area contributed by atoms with Gasteiger partial charge in [0.15, 0.2) is 0 Å². The number of rotatable bonds is 2. The first-order valence-corrected chi connectivity index (χ1v) is 4.58. The zero-order valence-corrected chi connectivity index (χ0v) is 9.19. The van der Waals surface area contributed by atoms with Gasteiger partial charge in [-0.15, -0.1) is 0 Å². The van der Waals surface area contributed by atoms with E-state index >= 15 is 0 Å².